The molecule has 3 aromatic heterocycles. The van der Waals surface area contributed by atoms with Crippen LogP contribution in [-0.4, -0.2) is 35.7 Å². The number of nitrogens with zero attached hydrogens (tertiary/aromatic N) is 6. The zero-order valence-corrected chi connectivity index (χ0v) is 12.5. The van der Waals surface area contributed by atoms with Crippen LogP contribution in [-0.2, 0) is 7.05 Å². The van der Waals surface area contributed by atoms with E-state index in [1.807, 2.05) is 20.9 Å². The molecule has 0 radical (unpaired) electrons. The van der Waals surface area contributed by atoms with E-state index in [1.165, 1.54) is 6.20 Å². The number of aryl methyl sites for hydroxylation is 2. The van der Waals surface area contributed by atoms with Gasteiger partial charge in [-0.2, -0.15) is 5.10 Å². The summed E-state index contributed by atoms with van der Waals surface area (Å²) in [6, 6.07) is 1.65. The number of hydrogen-bond donors (Lipinski definition) is 1. The molecule has 0 aliphatic heterocycles. The van der Waals surface area contributed by atoms with Gasteiger partial charge in [0.05, 0.1) is 29.3 Å². The Balaban J connectivity index is 2.06. The summed E-state index contributed by atoms with van der Waals surface area (Å²) in [5, 5.41) is 12.5. The Hall–Kier alpha value is -3.03. The molecule has 3 aromatic rings. The molecule has 0 unspecified atom stereocenters. The first-order chi connectivity index (χ1) is 10.5. The van der Waals surface area contributed by atoms with Crippen LogP contribution in [0, 0.1) is 13.8 Å². The molecule has 22 heavy (non-hydrogen) atoms. The van der Waals surface area contributed by atoms with Crippen molar-refractivity contribution in [3.63, 3.8) is 0 Å². The molecule has 1 amide bonds. The summed E-state index contributed by atoms with van der Waals surface area (Å²) in [7, 11) is 1.87. The van der Waals surface area contributed by atoms with Gasteiger partial charge in [-0.1, -0.05) is 5.21 Å². The summed E-state index contributed by atoms with van der Waals surface area (Å²) in [6.07, 6.45) is 4.97. The van der Waals surface area contributed by atoms with E-state index in [-0.39, 0.29) is 0 Å². The van der Waals surface area contributed by atoms with E-state index in [0.29, 0.717) is 16.9 Å². The van der Waals surface area contributed by atoms with Crippen LogP contribution in [0.3, 0.4) is 0 Å². The number of hydrogen-bond acceptors (Lipinski definition) is 5. The Kier molecular flexibility index (Phi) is 3.21. The number of carbonyl (C=O) groups excluding carboxylic acids is 1. The van der Waals surface area contributed by atoms with Gasteiger partial charge >= 0.3 is 0 Å². The molecular weight excluding hydrogens is 282 g/mol. The Morgan fingerprint density at radius 1 is 1.27 bits per heavy atom. The van der Waals surface area contributed by atoms with Gasteiger partial charge < -0.3 is 5.73 Å². The highest BCUT2D eigenvalue weighted by atomic mass is 16.1. The number of aromatic nitrogens is 6. The Bertz CT molecular complexity index is 862. The van der Waals surface area contributed by atoms with E-state index in [1.54, 1.807) is 27.8 Å². The van der Waals surface area contributed by atoms with E-state index in [2.05, 4.69) is 20.4 Å². The van der Waals surface area contributed by atoms with E-state index in [9.17, 15) is 4.79 Å². The fourth-order valence-corrected chi connectivity index (χ4v) is 2.14. The summed E-state index contributed by atoms with van der Waals surface area (Å²) in [4.78, 5) is 15.5. The Labute approximate surface area is 126 Å². The molecule has 112 valence electrons. The molecule has 3 rings (SSSR count). The van der Waals surface area contributed by atoms with Gasteiger partial charge in [0.25, 0.3) is 0 Å². The molecule has 2 N–H and O–H groups in total. The second-order valence-corrected chi connectivity index (χ2v) is 5.01. The molecule has 0 saturated heterocycles. The van der Waals surface area contributed by atoms with Crippen LogP contribution in [0.25, 0.3) is 16.9 Å². The van der Waals surface area contributed by atoms with E-state index in [4.69, 9.17) is 5.73 Å². The van der Waals surface area contributed by atoms with Crippen molar-refractivity contribution in [3.8, 4) is 16.9 Å². The van der Waals surface area contributed by atoms with Crippen molar-refractivity contribution in [3.05, 3.63) is 41.6 Å². The second-order valence-electron chi connectivity index (χ2n) is 5.01. The number of amides is 1. The molecule has 0 spiro atoms. The van der Waals surface area contributed by atoms with E-state index < -0.39 is 5.91 Å². The fourth-order valence-electron chi connectivity index (χ4n) is 2.14. The lowest BCUT2D eigenvalue weighted by molar-refractivity contribution is 0.1000. The molecule has 0 aliphatic carbocycles. The lowest BCUT2D eigenvalue weighted by Gasteiger charge is -2.05. The van der Waals surface area contributed by atoms with E-state index in [0.717, 1.165) is 17.0 Å². The highest BCUT2D eigenvalue weighted by Crippen LogP contribution is 2.21. The van der Waals surface area contributed by atoms with Crippen molar-refractivity contribution in [1.82, 2.24) is 29.8 Å². The van der Waals surface area contributed by atoms with Crippen molar-refractivity contribution in [1.29, 1.82) is 0 Å². The smallest absolute Gasteiger partial charge is 0.250 e. The van der Waals surface area contributed by atoms with Gasteiger partial charge in [0.15, 0.2) is 0 Å². The van der Waals surface area contributed by atoms with Crippen LogP contribution in [0.1, 0.15) is 21.7 Å². The summed E-state index contributed by atoms with van der Waals surface area (Å²) in [6.45, 7) is 3.79. The van der Waals surface area contributed by atoms with Crippen molar-refractivity contribution >= 4 is 5.91 Å². The third-order valence-corrected chi connectivity index (χ3v) is 3.60. The lowest BCUT2D eigenvalue weighted by atomic mass is 10.2. The standard InChI is InChI=1S/C14H15N7O/c1-8-13(4-10(5-16-8)14(15)22)21-7-12(18-19-21)11-6-17-20(3)9(11)2/h4-7H,1-3H3,(H2,15,22). The molecule has 0 aliphatic rings. The van der Waals surface area contributed by atoms with Crippen molar-refractivity contribution in [2.24, 2.45) is 12.8 Å². The van der Waals surface area contributed by atoms with Gasteiger partial charge in [-0.15, -0.1) is 5.10 Å². The number of rotatable bonds is 3. The molecule has 0 saturated carbocycles. The summed E-state index contributed by atoms with van der Waals surface area (Å²) in [5.74, 6) is -0.530. The lowest BCUT2D eigenvalue weighted by Crippen LogP contribution is -2.13. The topological polar surface area (TPSA) is 105 Å². The zero-order chi connectivity index (χ0) is 15.9. The molecule has 8 heteroatoms. The molecule has 3 heterocycles. The van der Waals surface area contributed by atoms with Gasteiger partial charge in [-0.3, -0.25) is 14.5 Å². The van der Waals surface area contributed by atoms with Crippen molar-refractivity contribution in [2.45, 2.75) is 13.8 Å². The minimum Gasteiger partial charge on any atom is -0.366 e. The van der Waals surface area contributed by atoms with Gasteiger partial charge in [0, 0.05) is 24.5 Å². The average molecular weight is 297 g/mol. The molecule has 0 bridgehead atoms. The first kappa shape index (κ1) is 13.9. The number of pyridine rings is 1. The zero-order valence-electron chi connectivity index (χ0n) is 12.5. The highest BCUT2D eigenvalue weighted by molar-refractivity contribution is 5.93. The molecule has 0 aromatic carbocycles. The summed E-state index contributed by atoms with van der Waals surface area (Å²) in [5.41, 5.74) is 9.62. The third-order valence-electron chi connectivity index (χ3n) is 3.60. The second kappa shape index (κ2) is 5.06. The van der Waals surface area contributed by atoms with E-state index >= 15 is 0 Å². The highest BCUT2D eigenvalue weighted by Gasteiger charge is 2.13. The van der Waals surface area contributed by atoms with Gasteiger partial charge in [0.2, 0.25) is 5.91 Å². The van der Waals surface area contributed by atoms with Crippen LogP contribution in [0.4, 0.5) is 0 Å². The third kappa shape index (κ3) is 2.24. The maximum Gasteiger partial charge on any atom is 0.250 e. The predicted octanol–water partition coefficient (Wildman–Crippen LogP) is 0.779. The predicted molar refractivity (Wildman–Crippen MR) is 79.3 cm³/mol. The Morgan fingerprint density at radius 2 is 2.05 bits per heavy atom. The SMILES string of the molecule is Cc1ncc(C(N)=O)cc1-n1cc(-c2cnn(C)c2C)nn1. The first-order valence-corrected chi connectivity index (χ1v) is 6.65. The van der Waals surface area contributed by atoms with Crippen LogP contribution in [0.5, 0.6) is 0 Å². The van der Waals surface area contributed by atoms with Crippen molar-refractivity contribution < 1.29 is 4.79 Å². The molecule has 0 atom stereocenters. The largest absolute Gasteiger partial charge is 0.366 e. The van der Waals surface area contributed by atoms with Gasteiger partial charge in [-0.25, -0.2) is 4.68 Å². The van der Waals surface area contributed by atoms with Crippen LogP contribution in [0.2, 0.25) is 0 Å². The maximum absolute atomic E-state index is 11.3. The van der Waals surface area contributed by atoms with Gasteiger partial charge in [0.1, 0.15) is 5.69 Å². The van der Waals surface area contributed by atoms with Gasteiger partial charge in [-0.05, 0) is 19.9 Å². The number of primary amides is 1. The summed E-state index contributed by atoms with van der Waals surface area (Å²) < 4.78 is 3.35. The Morgan fingerprint density at radius 3 is 2.68 bits per heavy atom. The average Bonchev–Trinajstić information content (AvgIpc) is 3.07. The minimum atomic E-state index is -0.530. The monoisotopic (exact) mass is 297 g/mol. The first-order valence-electron chi connectivity index (χ1n) is 6.65. The number of carbonyl (C=O) groups is 1. The van der Waals surface area contributed by atoms with Crippen LogP contribution in [0.15, 0.2) is 24.7 Å². The summed E-state index contributed by atoms with van der Waals surface area (Å²) >= 11 is 0. The number of nitrogens with two attached hydrogens (primary N) is 1. The normalized spacial score (nSPS) is 10.9. The molecule has 0 fully saturated rings. The quantitative estimate of drug-likeness (QED) is 0.769. The van der Waals surface area contributed by atoms with Crippen LogP contribution >= 0.6 is 0 Å². The molecular formula is C14H15N7O. The maximum atomic E-state index is 11.3. The fraction of sp³-hybridized carbons (Fsp3) is 0.214. The van der Waals surface area contributed by atoms with Crippen molar-refractivity contribution in [2.75, 3.05) is 0 Å². The minimum absolute atomic E-state index is 0.329. The van der Waals surface area contributed by atoms with Crippen LogP contribution < -0.4 is 5.73 Å². The molecule has 8 nitrogen and oxygen atoms in total.